The van der Waals surface area contributed by atoms with Gasteiger partial charge in [-0.05, 0) is 31.2 Å². The van der Waals surface area contributed by atoms with Crippen LogP contribution in [0.3, 0.4) is 0 Å². The number of imidazole rings is 1. The minimum atomic E-state index is -0.137. The number of fused-ring (bicyclic) bond motifs is 1. The Balaban J connectivity index is 1.43. The maximum atomic E-state index is 12.8. The lowest BCUT2D eigenvalue weighted by Crippen LogP contribution is -2.50. The third-order valence-electron chi connectivity index (χ3n) is 5.45. The molecule has 0 saturated carbocycles. The van der Waals surface area contributed by atoms with Gasteiger partial charge in [-0.25, -0.2) is 9.78 Å². The van der Waals surface area contributed by atoms with Crippen molar-refractivity contribution in [2.24, 2.45) is 0 Å². The van der Waals surface area contributed by atoms with Crippen molar-refractivity contribution in [2.45, 2.75) is 13.5 Å². The normalized spacial score (nSPS) is 14.1. The van der Waals surface area contributed by atoms with Gasteiger partial charge in [0.15, 0.2) is 0 Å². The fourth-order valence-electron chi connectivity index (χ4n) is 3.82. The zero-order valence-corrected chi connectivity index (χ0v) is 17.6. The van der Waals surface area contributed by atoms with Crippen LogP contribution in [0.1, 0.15) is 6.92 Å². The van der Waals surface area contributed by atoms with E-state index in [0.29, 0.717) is 30.3 Å². The van der Waals surface area contributed by atoms with Gasteiger partial charge in [0, 0.05) is 38.8 Å². The van der Waals surface area contributed by atoms with Crippen LogP contribution in [0.4, 0.5) is 16.4 Å². The molecule has 0 spiro atoms. The lowest BCUT2D eigenvalue weighted by Gasteiger charge is -2.35. The summed E-state index contributed by atoms with van der Waals surface area (Å²) in [5.74, 6) is 2.21. The number of aryl methyl sites for hydroxylation is 1. The molecule has 1 fully saturated rings. The Morgan fingerprint density at radius 2 is 1.83 bits per heavy atom. The SMILES string of the molecule is CCn1c(N2CCN(C(=O)Nc3ccc(OC)cc3OC)CC2)nc2ccccc21. The minimum absolute atomic E-state index is 0.137. The van der Waals surface area contributed by atoms with E-state index in [2.05, 4.69) is 27.8 Å². The summed E-state index contributed by atoms with van der Waals surface area (Å²) in [5.41, 5.74) is 2.77. The first-order valence-electron chi connectivity index (χ1n) is 10.1. The van der Waals surface area contributed by atoms with Gasteiger partial charge >= 0.3 is 6.03 Å². The molecule has 1 aliphatic rings. The van der Waals surface area contributed by atoms with E-state index < -0.39 is 0 Å². The summed E-state index contributed by atoms with van der Waals surface area (Å²) >= 11 is 0. The van der Waals surface area contributed by atoms with Crippen LogP contribution in [0.5, 0.6) is 11.5 Å². The molecule has 0 aliphatic carbocycles. The molecule has 3 aromatic rings. The van der Waals surface area contributed by atoms with Gasteiger partial charge in [0.1, 0.15) is 11.5 Å². The Morgan fingerprint density at radius 3 is 2.53 bits per heavy atom. The molecule has 8 heteroatoms. The molecule has 2 heterocycles. The summed E-state index contributed by atoms with van der Waals surface area (Å²) in [6, 6.07) is 13.4. The highest BCUT2D eigenvalue weighted by Crippen LogP contribution is 2.29. The zero-order chi connectivity index (χ0) is 21.1. The quantitative estimate of drug-likeness (QED) is 0.699. The average molecular weight is 409 g/mol. The van der Waals surface area contributed by atoms with Crippen LogP contribution < -0.4 is 19.7 Å². The van der Waals surface area contributed by atoms with Crippen molar-refractivity contribution in [3.05, 3.63) is 42.5 Å². The van der Waals surface area contributed by atoms with E-state index in [1.54, 1.807) is 32.4 Å². The van der Waals surface area contributed by atoms with E-state index in [1.807, 2.05) is 23.1 Å². The van der Waals surface area contributed by atoms with Gasteiger partial charge in [0.2, 0.25) is 5.95 Å². The lowest BCUT2D eigenvalue weighted by atomic mass is 10.2. The van der Waals surface area contributed by atoms with Gasteiger partial charge in [0.05, 0.1) is 30.9 Å². The molecule has 2 aromatic carbocycles. The van der Waals surface area contributed by atoms with Gasteiger partial charge in [-0.1, -0.05) is 12.1 Å². The highest BCUT2D eigenvalue weighted by atomic mass is 16.5. The Morgan fingerprint density at radius 1 is 1.07 bits per heavy atom. The lowest BCUT2D eigenvalue weighted by molar-refractivity contribution is 0.207. The van der Waals surface area contributed by atoms with Gasteiger partial charge in [-0.15, -0.1) is 0 Å². The fraction of sp³-hybridized carbons (Fsp3) is 0.364. The number of para-hydroxylation sites is 2. The number of hydrogen-bond donors (Lipinski definition) is 1. The zero-order valence-electron chi connectivity index (χ0n) is 17.6. The number of aromatic nitrogens is 2. The molecule has 1 aliphatic heterocycles. The number of piperazine rings is 1. The van der Waals surface area contributed by atoms with E-state index in [9.17, 15) is 4.79 Å². The van der Waals surface area contributed by atoms with Crippen molar-refractivity contribution in [1.82, 2.24) is 14.5 Å². The van der Waals surface area contributed by atoms with Crippen LogP contribution in [0, 0.1) is 0 Å². The van der Waals surface area contributed by atoms with E-state index in [-0.39, 0.29) is 6.03 Å². The van der Waals surface area contributed by atoms with Gasteiger partial charge in [0.25, 0.3) is 0 Å². The summed E-state index contributed by atoms with van der Waals surface area (Å²) in [4.78, 5) is 21.7. The number of amides is 2. The predicted molar refractivity (Wildman–Crippen MR) is 118 cm³/mol. The predicted octanol–water partition coefficient (Wildman–Crippen LogP) is 3.43. The van der Waals surface area contributed by atoms with E-state index >= 15 is 0 Å². The number of nitrogens with one attached hydrogen (secondary N) is 1. The number of hydrogen-bond acceptors (Lipinski definition) is 5. The minimum Gasteiger partial charge on any atom is -0.497 e. The van der Waals surface area contributed by atoms with Crippen LogP contribution in [0.15, 0.2) is 42.5 Å². The highest BCUT2D eigenvalue weighted by Gasteiger charge is 2.25. The number of urea groups is 1. The second-order valence-electron chi connectivity index (χ2n) is 7.12. The van der Waals surface area contributed by atoms with Gasteiger partial charge < -0.3 is 29.2 Å². The monoisotopic (exact) mass is 409 g/mol. The molecular weight excluding hydrogens is 382 g/mol. The molecule has 1 aromatic heterocycles. The topological polar surface area (TPSA) is 71.9 Å². The van der Waals surface area contributed by atoms with Crippen molar-refractivity contribution in [3.8, 4) is 11.5 Å². The Kier molecular flexibility index (Phi) is 5.65. The molecule has 1 N–H and O–H groups in total. The smallest absolute Gasteiger partial charge is 0.322 e. The van der Waals surface area contributed by atoms with Crippen LogP contribution in [0.2, 0.25) is 0 Å². The number of nitrogens with zero attached hydrogens (tertiary/aromatic N) is 4. The first-order valence-corrected chi connectivity index (χ1v) is 10.1. The highest BCUT2D eigenvalue weighted by molar-refractivity contribution is 5.91. The number of carbonyl (C=O) groups excluding carboxylic acids is 1. The van der Waals surface area contributed by atoms with E-state index in [4.69, 9.17) is 14.5 Å². The van der Waals surface area contributed by atoms with Crippen molar-refractivity contribution >= 4 is 28.7 Å². The maximum Gasteiger partial charge on any atom is 0.322 e. The van der Waals surface area contributed by atoms with E-state index in [0.717, 1.165) is 36.6 Å². The summed E-state index contributed by atoms with van der Waals surface area (Å²) in [6.45, 7) is 5.69. The van der Waals surface area contributed by atoms with Crippen molar-refractivity contribution in [3.63, 3.8) is 0 Å². The molecular formula is C22H27N5O3. The molecule has 0 atom stereocenters. The third kappa shape index (κ3) is 3.72. The van der Waals surface area contributed by atoms with Crippen molar-refractivity contribution in [1.29, 1.82) is 0 Å². The van der Waals surface area contributed by atoms with Crippen LogP contribution in [-0.4, -0.2) is 60.9 Å². The van der Waals surface area contributed by atoms with Crippen LogP contribution in [-0.2, 0) is 6.54 Å². The van der Waals surface area contributed by atoms with Crippen molar-refractivity contribution in [2.75, 3.05) is 50.6 Å². The molecule has 0 radical (unpaired) electrons. The Bertz CT molecular complexity index is 1040. The second-order valence-corrected chi connectivity index (χ2v) is 7.12. The van der Waals surface area contributed by atoms with Gasteiger partial charge in [-0.2, -0.15) is 0 Å². The number of rotatable bonds is 5. The second kappa shape index (κ2) is 8.52. The largest absolute Gasteiger partial charge is 0.497 e. The number of methoxy groups -OCH3 is 2. The average Bonchev–Trinajstić information content (AvgIpc) is 3.18. The summed E-state index contributed by atoms with van der Waals surface area (Å²) < 4.78 is 12.8. The molecule has 8 nitrogen and oxygen atoms in total. The number of benzene rings is 2. The molecule has 4 rings (SSSR count). The van der Waals surface area contributed by atoms with Crippen LogP contribution >= 0.6 is 0 Å². The van der Waals surface area contributed by atoms with E-state index in [1.165, 1.54) is 0 Å². The molecule has 2 amide bonds. The standard InChI is InChI=1S/C22H27N5O3/c1-4-27-19-8-6-5-7-17(19)23-21(27)25-11-13-26(14-12-25)22(28)24-18-10-9-16(29-2)15-20(18)30-3/h5-10,15H,4,11-14H2,1-3H3,(H,24,28). The Hall–Kier alpha value is -3.42. The number of anilines is 2. The first kappa shape index (κ1) is 19.9. The molecule has 0 bridgehead atoms. The molecule has 1 saturated heterocycles. The third-order valence-corrected chi connectivity index (χ3v) is 5.45. The first-order chi connectivity index (χ1) is 14.6. The number of ether oxygens (including phenoxy) is 2. The molecule has 0 unspecified atom stereocenters. The van der Waals surface area contributed by atoms with Crippen molar-refractivity contribution < 1.29 is 14.3 Å². The summed E-state index contributed by atoms with van der Waals surface area (Å²) in [7, 11) is 3.17. The summed E-state index contributed by atoms with van der Waals surface area (Å²) in [5, 5.41) is 2.95. The maximum absolute atomic E-state index is 12.8. The van der Waals surface area contributed by atoms with Crippen LogP contribution in [0.25, 0.3) is 11.0 Å². The molecule has 158 valence electrons. The summed E-state index contributed by atoms with van der Waals surface area (Å²) in [6.07, 6.45) is 0. The Labute approximate surface area is 176 Å². The fourth-order valence-corrected chi connectivity index (χ4v) is 3.82. The van der Waals surface area contributed by atoms with Gasteiger partial charge in [-0.3, -0.25) is 0 Å². The number of carbonyl (C=O) groups is 1. The molecule has 30 heavy (non-hydrogen) atoms.